The molecular formula is C24H27F6N3O5. The largest absolute Gasteiger partial charge is 0.490 e. The van der Waals surface area contributed by atoms with Crippen LogP contribution in [-0.2, 0) is 14.4 Å². The topological polar surface area (TPSA) is 129 Å². The lowest BCUT2D eigenvalue weighted by Gasteiger charge is -2.30. The van der Waals surface area contributed by atoms with Gasteiger partial charge in [-0.3, -0.25) is 9.78 Å². The lowest BCUT2D eigenvalue weighted by atomic mass is 9.76. The first-order valence-electron chi connectivity index (χ1n) is 11.7. The molecule has 2 aromatic rings. The van der Waals surface area contributed by atoms with Crippen LogP contribution in [0.2, 0.25) is 0 Å². The molecule has 2 heterocycles. The first-order chi connectivity index (χ1) is 17.7. The number of carboxylic acids is 2. The van der Waals surface area contributed by atoms with Gasteiger partial charge in [0, 0.05) is 17.3 Å². The van der Waals surface area contributed by atoms with E-state index >= 15 is 0 Å². The highest BCUT2D eigenvalue weighted by Crippen LogP contribution is 2.36. The van der Waals surface area contributed by atoms with Gasteiger partial charge in [0.2, 0.25) is 5.91 Å². The summed E-state index contributed by atoms with van der Waals surface area (Å²) < 4.78 is 63.5. The summed E-state index contributed by atoms with van der Waals surface area (Å²) in [4.78, 5) is 34.9. The number of halogens is 6. The number of hydrogen-bond donors (Lipinski definition) is 4. The number of hydrogen-bond acceptors (Lipinski definition) is 5. The van der Waals surface area contributed by atoms with Gasteiger partial charge in [0.05, 0.1) is 11.6 Å². The van der Waals surface area contributed by atoms with Crippen LogP contribution in [0.5, 0.6) is 0 Å². The van der Waals surface area contributed by atoms with Crippen molar-refractivity contribution >= 4 is 34.4 Å². The Morgan fingerprint density at radius 3 is 2.03 bits per heavy atom. The number of carboxylic acid groups (broad SMARTS) is 2. The van der Waals surface area contributed by atoms with E-state index in [9.17, 15) is 31.1 Å². The predicted octanol–water partition coefficient (Wildman–Crippen LogP) is 5.00. The Labute approximate surface area is 213 Å². The van der Waals surface area contributed by atoms with E-state index in [1.54, 1.807) is 6.20 Å². The van der Waals surface area contributed by atoms with Gasteiger partial charge in [-0.05, 0) is 49.1 Å². The number of aliphatic carboxylic acids is 2. The van der Waals surface area contributed by atoms with E-state index < -0.39 is 24.3 Å². The van der Waals surface area contributed by atoms with Gasteiger partial charge in [-0.2, -0.15) is 26.3 Å². The van der Waals surface area contributed by atoms with Crippen molar-refractivity contribution in [3.05, 3.63) is 36.5 Å². The van der Waals surface area contributed by atoms with Gasteiger partial charge < -0.3 is 20.8 Å². The van der Waals surface area contributed by atoms with Crippen LogP contribution in [0.25, 0.3) is 10.9 Å². The van der Waals surface area contributed by atoms with Crippen LogP contribution in [0.4, 0.5) is 32.0 Å². The van der Waals surface area contributed by atoms with E-state index in [0.717, 1.165) is 29.6 Å². The molecule has 38 heavy (non-hydrogen) atoms. The lowest BCUT2D eigenvalue weighted by molar-refractivity contribution is -0.193. The predicted molar refractivity (Wildman–Crippen MR) is 124 cm³/mol. The molecule has 1 aliphatic heterocycles. The number of benzene rings is 1. The van der Waals surface area contributed by atoms with Crippen molar-refractivity contribution in [3.63, 3.8) is 0 Å². The number of pyridine rings is 1. The molecule has 0 spiro atoms. The van der Waals surface area contributed by atoms with E-state index in [4.69, 9.17) is 19.8 Å². The fourth-order valence-corrected chi connectivity index (χ4v) is 4.45. The molecule has 1 aromatic heterocycles. The smallest absolute Gasteiger partial charge is 0.475 e. The average Bonchev–Trinajstić information content (AvgIpc) is 3.34. The summed E-state index contributed by atoms with van der Waals surface area (Å²) in [6.45, 7) is 0.959. The maximum atomic E-state index is 12.8. The highest BCUT2D eigenvalue weighted by Gasteiger charge is 2.39. The number of nitrogens with one attached hydrogen (secondary N) is 2. The Morgan fingerprint density at radius 1 is 0.895 bits per heavy atom. The van der Waals surface area contributed by atoms with Crippen LogP contribution >= 0.6 is 0 Å². The fraction of sp³-hybridized carbons (Fsp3) is 0.500. The lowest BCUT2D eigenvalue weighted by Crippen LogP contribution is -2.42. The molecule has 1 aliphatic carbocycles. The van der Waals surface area contributed by atoms with Crippen molar-refractivity contribution in [3.8, 4) is 0 Å². The van der Waals surface area contributed by atoms with Gasteiger partial charge in [-0.25, -0.2) is 9.59 Å². The molecule has 2 atom stereocenters. The number of nitrogens with zero attached hydrogens (tertiary/aromatic N) is 1. The second-order valence-corrected chi connectivity index (χ2v) is 8.79. The highest BCUT2D eigenvalue weighted by atomic mass is 19.4. The minimum absolute atomic E-state index is 0.0438. The maximum absolute atomic E-state index is 12.8. The number of alkyl halides is 6. The number of carbonyl (C=O) groups is 3. The van der Waals surface area contributed by atoms with Crippen LogP contribution in [0.1, 0.15) is 38.5 Å². The second kappa shape index (κ2) is 13.4. The molecule has 1 amide bonds. The summed E-state index contributed by atoms with van der Waals surface area (Å²) in [6, 6.07) is 9.81. The van der Waals surface area contributed by atoms with Crippen LogP contribution in [-0.4, -0.2) is 58.0 Å². The average molecular weight is 551 g/mol. The van der Waals surface area contributed by atoms with Crippen LogP contribution in [0.3, 0.4) is 0 Å². The summed E-state index contributed by atoms with van der Waals surface area (Å²) in [5.41, 5.74) is 1.81. The normalized spacial score (nSPS) is 19.9. The van der Waals surface area contributed by atoms with E-state index in [0.29, 0.717) is 11.8 Å². The van der Waals surface area contributed by atoms with E-state index in [2.05, 4.69) is 15.6 Å². The molecule has 1 saturated heterocycles. The summed E-state index contributed by atoms with van der Waals surface area (Å²) in [7, 11) is 0. The highest BCUT2D eigenvalue weighted by molar-refractivity contribution is 5.97. The molecule has 4 N–H and O–H groups in total. The monoisotopic (exact) mass is 551 g/mol. The zero-order chi connectivity index (χ0) is 28.5. The van der Waals surface area contributed by atoms with Gasteiger partial charge in [0.25, 0.3) is 0 Å². The molecule has 4 rings (SSSR count). The standard InChI is InChI=1S/C20H25N3O.2C2HF3O2/c24-20(19-17(10-12-22-19)14-5-2-1-3-6-14)23-16-8-9-18-15(13-16)7-4-11-21-18;2*3-2(4,5)1(6)7/h4,7-9,11,13-14,17,19,22H,1-3,5-6,10,12H2,(H,23,24);2*(H,6,7)/t17-,19-;;/m0../s1. The van der Waals surface area contributed by atoms with Crippen molar-refractivity contribution < 1.29 is 50.9 Å². The molecule has 0 unspecified atom stereocenters. The molecular weight excluding hydrogens is 524 g/mol. The van der Waals surface area contributed by atoms with Crippen molar-refractivity contribution in [1.29, 1.82) is 0 Å². The molecule has 1 aromatic carbocycles. The zero-order valence-corrected chi connectivity index (χ0v) is 20.0. The Hall–Kier alpha value is -3.42. The van der Waals surface area contributed by atoms with Crippen LogP contribution in [0.15, 0.2) is 36.5 Å². The third-order valence-corrected chi connectivity index (χ3v) is 6.16. The van der Waals surface area contributed by atoms with Gasteiger partial charge in [0.1, 0.15) is 0 Å². The van der Waals surface area contributed by atoms with Crippen LogP contribution in [0, 0.1) is 11.8 Å². The van der Waals surface area contributed by atoms with E-state index in [1.807, 2.05) is 30.3 Å². The summed E-state index contributed by atoms with van der Waals surface area (Å²) in [6.07, 6.45) is -0.656. The summed E-state index contributed by atoms with van der Waals surface area (Å²) in [5, 5.41) is 21.9. The number of rotatable bonds is 3. The van der Waals surface area contributed by atoms with Crippen molar-refractivity contribution in [2.75, 3.05) is 11.9 Å². The number of amides is 1. The number of anilines is 1. The fourth-order valence-electron chi connectivity index (χ4n) is 4.45. The Kier molecular flexibility index (Phi) is 10.9. The van der Waals surface area contributed by atoms with Gasteiger partial charge in [0.15, 0.2) is 0 Å². The van der Waals surface area contributed by atoms with Gasteiger partial charge >= 0.3 is 24.3 Å². The van der Waals surface area contributed by atoms with Crippen molar-refractivity contribution in [2.24, 2.45) is 11.8 Å². The molecule has 8 nitrogen and oxygen atoms in total. The van der Waals surface area contributed by atoms with Crippen molar-refractivity contribution in [1.82, 2.24) is 10.3 Å². The summed E-state index contributed by atoms with van der Waals surface area (Å²) >= 11 is 0. The van der Waals surface area contributed by atoms with Gasteiger partial charge in [-0.15, -0.1) is 0 Å². The minimum Gasteiger partial charge on any atom is -0.475 e. The third kappa shape index (κ3) is 9.47. The molecule has 0 bridgehead atoms. The van der Waals surface area contributed by atoms with Gasteiger partial charge in [-0.1, -0.05) is 38.2 Å². The minimum atomic E-state index is -5.08. The van der Waals surface area contributed by atoms with E-state index in [-0.39, 0.29) is 11.9 Å². The first-order valence-corrected chi connectivity index (χ1v) is 11.7. The second-order valence-electron chi connectivity index (χ2n) is 8.79. The quantitative estimate of drug-likeness (QED) is 0.396. The van der Waals surface area contributed by atoms with Crippen LogP contribution < -0.4 is 10.6 Å². The molecule has 1 saturated carbocycles. The SMILES string of the molecule is O=C(Nc1ccc2ncccc2c1)[C@H]1NCC[C@H]1C1CCCCC1.O=C(O)C(F)(F)F.O=C(O)C(F)(F)F. The Morgan fingerprint density at radius 2 is 1.47 bits per heavy atom. The number of fused-ring (bicyclic) bond motifs is 1. The molecule has 14 heteroatoms. The first kappa shape index (κ1) is 30.8. The maximum Gasteiger partial charge on any atom is 0.490 e. The summed E-state index contributed by atoms with van der Waals surface area (Å²) in [5.74, 6) is -4.19. The Bertz CT molecular complexity index is 1080. The zero-order valence-electron chi connectivity index (χ0n) is 20.0. The molecule has 2 fully saturated rings. The van der Waals surface area contributed by atoms with Crippen molar-refractivity contribution in [2.45, 2.75) is 56.9 Å². The third-order valence-electron chi connectivity index (χ3n) is 6.16. The molecule has 210 valence electrons. The number of carbonyl (C=O) groups excluding carboxylic acids is 1. The number of aromatic nitrogens is 1. The molecule has 0 radical (unpaired) electrons. The van der Waals surface area contributed by atoms with E-state index in [1.165, 1.54) is 32.1 Å². The Balaban J connectivity index is 0.000000301. The molecule has 2 aliphatic rings.